The van der Waals surface area contributed by atoms with Crippen molar-refractivity contribution in [2.24, 2.45) is 0 Å². The number of hydrogen-bond acceptors (Lipinski definition) is 2. The van der Waals surface area contributed by atoms with Crippen molar-refractivity contribution >= 4 is 23.4 Å². The molecule has 0 fully saturated rings. The van der Waals surface area contributed by atoms with Crippen molar-refractivity contribution in [3.8, 4) is 0 Å². The molecule has 106 valence electrons. The van der Waals surface area contributed by atoms with Gasteiger partial charge < -0.3 is 5.32 Å². The van der Waals surface area contributed by atoms with Gasteiger partial charge in [0.1, 0.15) is 0 Å². The number of hydrogen-bond donors (Lipinski definition) is 1. The van der Waals surface area contributed by atoms with Gasteiger partial charge in [0.15, 0.2) is 0 Å². The highest BCUT2D eigenvalue weighted by atomic mass is 35.5. The highest BCUT2D eigenvalue weighted by Gasteiger charge is 2.10. The number of nitrogens with one attached hydrogen (secondary N) is 1. The lowest BCUT2D eigenvalue weighted by Crippen LogP contribution is -2.22. The fourth-order valence-electron chi connectivity index (χ4n) is 2.05. The quantitative estimate of drug-likeness (QED) is 0.746. The minimum absolute atomic E-state index is 0.365. The predicted molar refractivity (Wildman–Crippen MR) is 89.8 cm³/mol. The summed E-state index contributed by atoms with van der Waals surface area (Å²) in [5.74, 6) is 0.997. The Kier molecular flexibility index (Phi) is 5.96. The van der Waals surface area contributed by atoms with Crippen LogP contribution in [0.5, 0.6) is 0 Å². The van der Waals surface area contributed by atoms with E-state index in [4.69, 9.17) is 11.6 Å². The van der Waals surface area contributed by atoms with Gasteiger partial charge in [0.05, 0.1) is 0 Å². The highest BCUT2D eigenvalue weighted by molar-refractivity contribution is 7.99. The minimum atomic E-state index is 0.365. The molecule has 1 atom stereocenters. The van der Waals surface area contributed by atoms with Gasteiger partial charge in [-0.2, -0.15) is 0 Å². The summed E-state index contributed by atoms with van der Waals surface area (Å²) < 4.78 is 0. The van der Waals surface area contributed by atoms with Crippen LogP contribution in [0.4, 0.5) is 0 Å². The van der Waals surface area contributed by atoms with Crippen molar-refractivity contribution in [3.63, 3.8) is 0 Å². The van der Waals surface area contributed by atoms with E-state index >= 15 is 0 Å². The maximum Gasteiger partial charge on any atom is 0.0417 e. The molecule has 0 heterocycles. The average molecular weight is 306 g/mol. The predicted octanol–water partition coefficient (Wildman–Crippen LogP) is 5.09. The summed E-state index contributed by atoms with van der Waals surface area (Å²) in [6.07, 6.45) is 0. The van der Waals surface area contributed by atoms with Gasteiger partial charge in [-0.1, -0.05) is 54.4 Å². The Morgan fingerprint density at radius 1 is 1.15 bits per heavy atom. The van der Waals surface area contributed by atoms with Crippen LogP contribution in [0.25, 0.3) is 0 Å². The van der Waals surface area contributed by atoms with Crippen molar-refractivity contribution in [1.82, 2.24) is 5.32 Å². The second-order valence-corrected chi connectivity index (χ2v) is 6.32. The van der Waals surface area contributed by atoms with Crippen LogP contribution in [0, 0.1) is 6.92 Å². The zero-order chi connectivity index (χ0) is 14.4. The number of halogens is 1. The molecule has 0 aromatic heterocycles. The van der Waals surface area contributed by atoms with Crippen LogP contribution in [0.1, 0.15) is 24.1 Å². The Hall–Kier alpha value is -0.960. The molecule has 0 radical (unpaired) electrons. The number of thioether (sulfide) groups is 1. The fourth-order valence-corrected chi connectivity index (χ4v) is 3.36. The summed E-state index contributed by atoms with van der Waals surface area (Å²) in [6.45, 7) is 5.23. The highest BCUT2D eigenvalue weighted by Crippen LogP contribution is 2.26. The van der Waals surface area contributed by atoms with Crippen LogP contribution < -0.4 is 5.32 Å². The average Bonchev–Trinajstić information content (AvgIpc) is 2.44. The molecule has 0 aliphatic heterocycles. The van der Waals surface area contributed by atoms with Crippen LogP contribution in [0.15, 0.2) is 53.4 Å². The summed E-state index contributed by atoms with van der Waals surface area (Å²) in [7, 11) is 0. The zero-order valence-corrected chi connectivity index (χ0v) is 13.5. The second kappa shape index (κ2) is 7.72. The third kappa shape index (κ3) is 4.55. The third-order valence-corrected chi connectivity index (χ3v) is 4.47. The molecule has 0 saturated heterocycles. The summed E-state index contributed by atoms with van der Waals surface area (Å²) in [5.41, 5.74) is 2.64. The lowest BCUT2D eigenvalue weighted by atomic mass is 10.1. The fraction of sp³-hybridized carbons (Fsp3) is 0.294. The van der Waals surface area contributed by atoms with Gasteiger partial charge in [-0.3, -0.25) is 0 Å². The van der Waals surface area contributed by atoms with Crippen molar-refractivity contribution in [2.45, 2.75) is 24.8 Å². The summed E-state index contributed by atoms with van der Waals surface area (Å²) in [5, 5.41) is 4.35. The first kappa shape index (κ1) is 15.4. The maximum atomic E-state index is 6.03. The second-order valence-electron chi connectivity index (χ2n) is 4.79. The van der Waals surface area contributed by atoms with E-state index in [1.165, 1.54) is 16.0 Å². The first-order valence-electron chi connectivity index (χ1n) is 6.87. The van der Waals surface area contributed by atoms with E-state index in [1.807, 2.05) is 30.0 Å². The molecule has 0 saturated carbocycles. The first-order valence-corrected chi connectivity index (χ1v) is 8.23. The Morgan fingerprint density at radius 3 is 2.55 bits per heavy atom. The van der Waals surface area contributed by atoms with Crippen molar-refractivity contribution in [2.75, 3.05) is 12.3 Å². The van der Waals surface area contributed by atoms with Gasteiger partial charge in [-0.25, -0.2) is 0 Å². The zero-order valence-electron chi connectivity index (χ0n) is 11.9. The number of benzene rings is 2. The van der Waals surface area contributed by atoms with Crippen LogP contribution in [0.2, 0.25) is 5.02 Å². The minimum Gasteiger partial charge on any atom is -0.309 e. The smallest absolute Gasteiger partial charge is 0.0417 e. The Bertz CT molecular complexity index is 539. The molecule has 0 spiro atoms. The largest absolute Gasteiger partial charge is 0.309 e. The lowest BCUT2D eigenvalue weighted by Gasteiger charge is -2.18. The lowest BCUT2D eigenvalue weighted by molar-refractivity contribution is 0.606. The standard InChI is InChI=1S/C17H20ClNS/c1-3-19-17(14-9-7-13(2)8-10-14)12-20-16-6-4-5-15(18)11-16/h4-11,17,19H,3,12H2,1-2H3. The molecular weight excluding hydrogens is 286 g/mol. The third-order valence-electron chi connectivity index (χ3n) is 3.14. The molecule has 1 nitrogen and oxygen atoms in total. The van der Waals surface area contributed by atoms with Crippen LogP contribution in [0.3, 0.4) is 0 Å². The molecule has 1 unspecified atom stereocenters. The van der Waals surface area contributed by atoms with Gasteiger partial charge in [0.25, 0.3) is 0 Å². The van der Waals surface area contributed by atoms with E-state index in [-0.39, 0.29) is 0 Å². The molecule has 0 aliphatic carbocycles. The topological polar surface area (TPSA) is 12.0 Å². The number of rotatable bonds is 6. The Morgan fingerprint density at radius 2 is 1.90 bits per heavy atom. The molecule has 0 amide bonds. The molecule has 2 aromatic carbocycles. The Labute approximate surface area is 130 Å². The SMILES string of the molecule is CCNC(CSc1cccc(Cl)c1)c1ccc(C)cc1. The molecular formula is C17H20ClNS. The summed E-state index contributed by atoms with van der Waals surface area (Å²) in [6, 6.07) is 17.2. The molecule has 0 bridgehead atoms. The van der Waals surface area contributed by atoms with E-state index in [9.17, 15) is 0 Å². The molecule has 2 rings (SSSR count). The van der Waals surface area contributed by atoms with E-state index in [0.29, 0.717) is 6.04 Å². The van der Waals surface area contributed by atoms with Gasteiger partial charge >= 0.3 is 0 Å². The van der Waals surface area contributed by atoms with E-state index in [2.05, 4.69) is 49.5 Å². The molecule has 20 heavy (non-hydrogen) atoms. The van der Waals surface area contributed by atoms with Gasteiger partial charge in [0, 0.05) is 21.7 Å². The van der Waals surface area contributed by atoms with Crippen molar-refractivity contribution in [1.29, 1.82) is 0 Å². The molecule has 2 aromatic rings. The van der Waals surface area contributed by atoms with Crippen molar-refractivity contribution in [3.05, 3.63) is 64.7 Å². The van der Waals surface area contributed by atoms with Crippen LogP contribution >= 0.6 is 23.4 Å². The Balaban J connectivity index is 2.04. The maximum absolute atomic E-state index is 6.03. The number of aryl methyl sites for hydroxylation is 1. The van der Waals surface area contributed by atoms with E-state index in [1.54, 1.807) is 0 Å². The van der Waals surface area contributed by atoms with Gasteiger partial charge in [0.2, 0.25) is 0 Å². The van der Waals surface area contributed by atoms with Crippen molar-refractivity contribution < 1.29 is 0 Å². The van der Waals surface area contributed by atoms with E-state index < -0.39 is 0 Å². The molecule has 3 heteroatoms. The molecule has 0 aliphatic rings. The summed E-state index contributed by atoms with van der Waals surface area (Å²) in [4.78, 5) is 1.22. The molecule has 1 N–H and O–H groups in total. The monoisotopic (exact) mass is 305 g/mol. The normalized spacial score (nSPS) is 12.3. The van der Waals surface area contributed by atoms with Gasteiger partial charge in [-0.05, 0) is 37.2 Å². The summed E-state index contributed by atoms with van der Waals surface area (Å²) >= 11 is 7.86. The van der Waals surface area contributed by atoms with Crippen LogP contribution in [-0.2, 0) is 0 Å². The van der Waals surface area contributed by atoms with Gasteiger partial charge in [-0.15, -0.1) is 11.8 Å². The van der Waals surface area contributed by atoms with E-state index in [0.717, 1.165) is 17.3 Å². The van der Waals surface area contributed by atoms with Crippen LogP contribution in [-0.4, -0.2) is 12.3 Å². The first-order chi connectivity index (χ1) is 9.69.